The standard InChI is InChI=1S/C31H50O6/c1-18(7-6-8-21-16-35-17-21)24-9-10-25-29-26(15-28(34)31(24,25)5)30(4)12-11-23(36-19(2)32)13-22(30)14-27(29)37-20(3)33/h18,21-29,34H,6-17H2,1-5H3/t18?,22-,23?,24+,25-,26-,27+,28-,29-,30?,31+/m0/s1. The Morgan fingerprint density at radius 2 is 1.73 bits per heavy atom. The number of ether oxygens (including phenoxy) is 3. The molecule has 210 valence electrons. The van der Waals surface area contributed by atoms with E-state index in [2.05, 4.69) is 20.8 Å². The molecular formula is C31H50O6. The lowest BCUT2D eigenvalue weighted by Crippen LogP contribution is -2.63. The number of carbonyl (C=O) groups excluding carboxylic acids is 2. The molecule has 0 amide bonds. The Hall–Kier alpha value is -1.14. The van der Waals surface area contributed by atoms with Gasteiger partial charge in [0, 0.05) is 25.7 Å². The molecule has 4 saturated carbocycles. The minimum absolute atomic E-state index is 0.0490. The summed E-state index contributed by atoms with van der Waals surface area (Å²) >= 11 is 0. The van der Waals surface area contributed by atoms with Crippen LogP contribution in [-0.2, 0) is 23.8 Å². The first kappa shape index (κ1) is 27.4. The molecule has 1 saturated heterocycles. The van der Waals surface area contributed by atoms with E-state index in [0.29, 0.717) is 35.5 Å². The van der Waals surface area contributed by atoms with E-state index in [9.17, 15) is 14.7 Å². The molecule has 1 heterocycles. The van der Waals surface area contributed by atoms with Crippen LogP contribution >= 0.6 is 0 Å². The molecule has 5 rings (SSSR count). The first-order chi connectivity index (χ1) is 17.5. The van der Waals surface area contributed by atoms with Crippen LogP contribution < -0.4 is 0 Å². The Kier molecular flexibility index (Phi) is 7.74. The maximum absolute atomic E-state index is 12.3. The fourth-order valence-electron chi connectivity index (χ4n) is 10.1. The van der Waals surface area contributed by atoms with E-state index < -0.39 is 0 Å². The van der Waals surface area contributed by atoms with Crippen LogP contribution in [0.25, 0.3) is 0 Å². The van der Waals surface area contributed by atoms with Gasteiger partial charge in [-0.3, -0.25) is 9.59 Å². The van der Waals surface area contributed by atoms with Crippen molar-refractivity contribution in [2.45, 2.75) is 117 Å². The predicted molar refractivity (Wildman–Crippen MR) is 140 cm³/mol. The molecule has 0 bridgehead atoms. The quantitative estimate of drug-likeness (QED) is 0.446. The molecular weight excluding hydrogens is 468 g/mol. The van der Waals surface area contributed by atoms with E-state index in [-0.39, 0.29) is 41.1 Å². The van der Waals surface area contributed by atoms with Gasteiger partial charge in [-0.1, -0.05) is 33.6 Å². The summed E-state index contributed by atoms with van der Waals surface area (Å²) in [7, 11) is 0. The molecule has 3 unspecified atom stereocenters. The molecule has 0 aromatic heterocycles. The molecule has 0 radical (unpaired) electrons. The van der Waals surface area contributed by atoms with Gasteiger partial charge >= 0.3 is 11.9 Å². The minimum atomic E-state index is -0.325. The highest BCUT2D eigenvalue weighted by atomic mass is 16.5. The van der Waals surface area contributed by atoms with E-state index in [1.807, 2.05) is 0 Å². The second-order valence-electron chi connectivity index (χ2n) is 14.0. The number of hydrogen-bond donors (Lipinski definition) is 1. The largest absolute Gasteiger partial charge is 0.463 e. The minimum Gasteiger partial charge on any atom is -0.463 e. The number of esters is 2. The fraction of sp³-hybridized carbons (Fsp3) is 0.935. The van der Waals surface area contributed by atoms with Crippen molar-refractivity contribution in [2.24, 2.45) is 52.3 Å². The summed E-state index contributed by atoms with van der Waals surface area (Å²) in [5, 5.41) is 11.9. The highest BCUT2D eigenvalue weighted by Crippen LogP contribution is 2.68. The SMILES string of the molecule is CC(=O)OC1CCC2(C)[C@@H](C1)C[C@@H](OC(C)=O)[C@@H]1[C@@H]2C[C@H](O)[C@]2(C)[C@@H](C(C)CCCC3COC3)CC[C@@H]12. The highest BCUT2D eigenvalue weighted by Gasteiger charge is 2.66. The van der Waals surface area contributed by atoms with Crippen molar-refractivity contribution < 1.29 is 28.9 Å². The normalized spacial score (nSPS) is 46.1. The number of carbonyl (C=O) groups is 2. The topological polar surface area (TPSA) is 82.1 Å². The van der Waals surface area contributed by atoms with Gasteiger partial charge in [0.25, 0.3) is 0 Å². The Bertz CT molecular complexity index is 855. The van der Waals surface area contributed by atoms with Gasteiger partial charge in [0.1, 0.15) is 12.2 Å². The maximum atomic E-state index is 12.3. The zero-order valence-corrected chi connectivity index (χ0v) is 23.7. The van der Waals surface area contributed by atoms with Crippen LogP contribution in [0.1, 0.15) is 98.8 Å². The van der Waals surface area contributed by atoms with Gasteiger partial charge in [-0.05, 0) is 91.8 Å². The summed E-state index contributed by atoms with van der Waals surface area (Å²) in [5.41, 5.74) is -0.0501. The smallest absolute Gasteiger partial charge is 0.302 e. The van der Waals surface area contributed by atoms with E-state index in [0.717, 1.165) is 64.1 Å². The van der Waals surface area contributed by atoms with Gasteiger partial charge in [-0.25, -0.2) is 0 Å². The van der Waals surface area contributed by atoms with Gasteiger partial charge in [0.2, 0.25) is 0 Å². The van der Waals surface area contributed by atoms with E-state index in [1.165, 1.54) is 33.1 Å². The maximum Gasteiger partial charge on any atom is 0.302 e. The van der Waals surface area contributed by atoms with Gasteiger partial charge in [-0.15, -0.1) is 0 Å². The van der Waals surface area contributed by atoms with Crippen LogP contribution in [0.3, 0.4) is 0 Å². The molecule has 5 fully saturated rings. The van der Waals surface area contributed by atoms with Gasteiger partial charge in [0.15, 0.2) is 0 Å². The Morgan fingerprint density at radius 3 is 2.38 bits per heavy atom. The predicted octanol–water partition coefficient (Wildman–Crippen LogP) is 5.54. The number of aliphatic hydroxyl groups excluding tert-OH is 1. The molecule has 6 heteroatoms. The van der Waals surface area contributed by atoms with Crippen molar-refractivity contribution >= 4 is 11.9 Å². The van der Waals surface area contributed by atoms with Crippen LogP contribution in [0.15, 0.2) is 0 Å². The fourth-order valence-corrected chi connectivity index (χ4v) is 10.1. The molecule has 37 heavy (non-hydrogen) atoms. The molecule has 0 spiro atoms. The Labute approximate surface area is 223 Å². The molecule has 11 atom stereocenters. The van der Waals surface area contributed by atoms with E-state index in [1.54, 1.807) is 0 Å². The number of aliphatic hydroxyl groups is 1. The summed E-state index contributed by atoms with van der Waals surface area (Å²) in [4.78, 5) is 24.0. The average Bonchev–Trinajstić information content (AvgIpc) is 3.15. The molecule has 1 aliphatic heterocycles. The van der Waals surface area contributed by atoms with Gasteiger partial charge in [-0.2, -0.15) is 0 Å². The average molecular weight is 519 g/mol. The second kappa shape index (κ2) is 10.4. The Morgan fingerprint density at radius 1 is 1.00 bits per heavy atom. The third-order valence-electron chi connectivity index (χ3n) is 12.1. The zero-order valence-electron chi connectivity index (χ0n) is 23.7. The summed E-state index contributed by atoms with van der Waals surface area (Å²) < 4.78 is 17.1. The van der Waals surface area contributed by atoms with Crippen molar-refractivity contribution in [3.05, 3.63) is 0 Å². The zero-order chi connectivity index (χ0) is 26.5. The van der Waals surface area contributed by atoms with Crippen LogP contribution in [0.5, 0.6) is 0 Å². The van der Waals surface area contributed by atoms with Crippen molar-refractivity contribution in [1.29, 1.82) is 0 Å². The lowest BCUT2D eigenvalue weighted by molar-refractivity contribution is -0.218. The van der Waals surface area contributed by atoms with Crippen LogP contribution in [-0.4, -0.2) is 48.6 Å². The number of fused-ring (bicyclic) bond motifs is 5. The van der Waals surface area contributed by atoms with Crippen molar-refractivity contribution in [3.8, 4) is 0 Å². The van der Waals surface area contributed by atoms with Gasteiger partial charge in [0.05, 0.1) is 19.3 Å². The summed E-state index contributed by atoms with van der Waals surface area (Å²) in [6, 6.07) is 0. The number of rotatable bonds is 7. The summed E-state index contributed by atoms with van der Waals surface area (Å²) in [6.45, 7) is 12.1. The van der Waals surface area contributed by atoms with Crippen molar-refractivity contribution in [1.82, 2.24) is 0 Å². The van der Waals surface area contributed by atoms with Crippen LogP contribution in [0.2, 0.25) is 0 Å². The summed E-state index contributed by atoms with van der Waals surface area (Å²) in [6.07, 6.45) is 9.89. The molecule has 0 aromatic rings. The molecule has 0 aromatic carbocycles. The summed E-state index contributed by atoms with van der Waals surface area (Å²) in [5.74, 6) is 2.76. The molecule has 5 aliphatic rings. The molecule has 6 nitrogen and oxygen atoms in total. The number of hydrogen-bond acceptors (Lipinski definition) is 6. The van der Waals surface area contributed by atoms with E-state index >= 15 is 0 Å². The molecule has 4 aliphatic carbocycles. The second-order valence-corrected chi connectivity index (χ2v) is 14.0. The van der Waals surface area contributed by atoms with Crippen molar-refractivity contribution in [2.75, 3.05) is 13.2 Å². The van der Waals surface area contributed by atoms with Crippen molar-refractivity contribution in [3.63, 3.8) is 0 Å². The first-order valence-electron chi connectivity index (χ1n) is 15.1. The third kappa shape index (κ3) is 4.88. The third-order valence-corrected chi connectivity index (χ3v) is 12.1. The lowest BCUT2D eigenvalue weighted by Gasteiger charge is -2.64. The Balaban J connectivity index is 1.37. The van der Waals surface area contributed by atoms with Gasteiger partial charge < -0.3 is 19.3 Å². The first-order valence-corrected chi connectivity index (χ1v) is 15.1. The molecule has 1 N–H and O–H groups in total. The highest BCUT2D eigenvalue weighted by molar-refractivity contribution is 5.66. The monoisotopic (exact) mass is 518 g/mol. The van der Waals surface area contributed by atoms with E-state index in [4.69, 9.17) is 14.2 Å². The van der Waals surface area contributed by atoms with Crippen LogP contribution in [0.4, 0.5) is 0 Å². The lowest BCUT2D eigenvalue weighted by atomic mass is 9.43. The van der Waals surface area contributed by atoms with Crippen LogP contribution in [0, 0.1) is 52.3 Å².